The van der Waals surface area contributed by atoms with E-state index in [1.807, 2.05) is 35.7 Å². The Labute approximate surface area is 173 Å². The number of nitrogens with zero attached hydrogens (tertiary/aromatic N) is 2. The monoisotopic (exact) mass is 410 g/mol. The van der Waals surface area contributed by atoms with E-state index < -0.39 is 0 Å². The summed E-state index contributed by atoms with van der Waals surface area (Å²) < 4.78 is 10.8. The molecular formula is C22H22N2O4S. The summed E-state index contributed by atoms with van der Waals surface area (Å²) in [5, 5.41) is 1.94. The van der Waals surface area contributed by atoms with Crippen LogP contribution in [0.15, 0.2) is 41.4 Å². The van der Waals surface area contributed by atoms with E-state index >= 15 is 0 Å². The first-order valence-corrected chi connectivity index (χ1v) is 10.8. The average Bonchev–Trinajstić information content (AvgIpc) is 3.44. The fourth-order valence-electron chi connectivity index (χ4n) is 4.26. The van der Waals surface area contributed by atoms with E-state index in [1.165, 1.54) is 16.2 Å². The number of amides is 2. The minimum atomic E-state index is -0.219. The number of benzene rings is 1. The first-order chi connectivity index (χ1) is 14.1. The molecule has 0 spiro atoms. The predicted molar refractivity (Wildman–Crippen MR) is 109 cm³/mol. The Hall–Kier alpha value is -2.80. The molecule has 2 aromatic rings. The smallest absolute Gasteiger partial charge is 0.278 e. The Balaban J connectivity index is 1.48. The van der Waals surface area contributed by atoms with Gasteiger partial charge in [-0.2, -0.15) is 0 Å². The van der Waals surface area contributed by atoms with Gasteiger partial charge in [-0.1, -0.05) is 19.1 Å². The second-order valence-electron chi connectivity index (χ2n) is 7.78. The molecule has 5 rings (SSSR count). The molecule has 6 nitrogen and oxygen atoms in total. The van der Waals surface area contributed by atoms with Crippen LogP contribution in [0.4, 0.5) is 0 Å². The molecule has 3 aliphatic rings. The molecule has 3 aliphatic heterocycles. The number of fused-ring (bicyclic) bond motifs is 1. The number of piperidine rings is 1. The summed E-state index contributed by atoms with van der Waals surface area (Å²) in [5.41, 5.74) is 1.94. The van der Waals surface area contributed by atoms with Crippen molar-refractivity contribution in [2.75, 3.05) is 19.9 Å². The normalized spacial score (nSPS) is 21.5. The molecule has 0 radical (unpaired) electrons. The van der Waals surface area contributed by atoms with Crippen molar-refractivity contribution < 1.29 is 19.1 Å². The van der Waals surface area contributed by atoms with Crippen molar-refractivity contribution in [3.05, 3.63) is 51.8 Å². The second kappa shape index (κ2) is 7.22. The van der Waals surface area contributed by atoms with E-state index in [4.69, 9.17) is 9.47 Å². The Bertz CT molecular complexity index is 998. The molecule has 1 unspecified atom stereocenters. The maximum Gasteiger partial charge on any atom is 0.278 e. The molecule has 2 amide bonds. The van der Waals surface area contributed by atoms with E-state index in [9.17, 15) is 9.59 Å². The Kier molecular flexibility index (Phi) is 4.54. The summed E-state index contributed by atoms with van der Waals surface area (Å²) in [6, 6.07) is 9.38. The molecule has 7 heteroatoms. The zero-order valence-corrected chi connectivity index (χ0v) is 17.0. The molecule has 0 N–H and O–H groups in total. The van der Waals surface area contributed by atoms with Crippen molar-refractivity contribution >= 4 is 28.7 Å². The van der Waals surface area contributed by atoms with Crippen LogP contribution < -0.4 is 9.47 Å². The van der Waals surface area contributed by atoms with E-state index in [-0.39, 0.29) is 25.2 Å². The first kappa shape index (κ1) is 18.2. The highest BCUT2D eigenvalue weighted by Gasteiger charge is 2.42. The van der Waals surface area contributed by atoms with Gasteiger partial charge in [-0.25, -0.2) is 0 Å². The fourth-order valence-corrected chi connectivity index (χ4v) is 5.02. The molecular weight excluding hydrogens is 388 g/mol. The molecule has 1 fully saturated rings. The van der Waals surface area contributed by atoms with Crippen LogP contribution in [0.5, 0.6) is 11.5 Å². The predicted octanol–water partition coefficient (Wildman–Crippen LogP) is 3.49. The van der Waals surface area contributed by atoms with Crippen LogP contribution in [-0.4, -0.2) is 41.5 Å². The van der Waals surface area contributed by atoms with Crippen LogP contribution in [0.2, 0.25) is 0 Å². The summed E-state index contributed by atoms with van der Waals surface area (Å²) in [4.78, 5) is 31.1. The lowest BCUT2D eigenvalue weighted by atomic mass is 9.99. The van der Waals surface area contributed by atoms with E-state index in [0.717, 1.165) is 36.4 Å². The fraction of sp³-hybridized carbons (Fsp3) is 0.364. The highest BCUT2D eigenvalue weighted by molar-refractivity contribution is 7.11. The molecule has 150 valence electrons. The number of carbonyl (C=O) groups is 2. The number of ether oxygens (including phenoxy) is 2. The van der Waals surface area contributed by atoms with Gasteiger partial charge in [0.15, 0.2) is 11.5 Å². The van der Waals surface area contributed by atoms with Gasteiger partial charge in [0.25, 0.3) is 11.8 Å². The van der Waals surface area contributed by atoms with Crippen LogP contribution in [0, 0.1) is 5.92 Å². The molecule has 1 saturated heterocycles. The van der Waals surface area contributed by atoms with Gasteiger partial charge in [0.2, 0.25) is 6.79 Å². The molecule has 0 saturated carbocycles. The topological polar surface area (TPSA) is 59.1 Å². The Morgan fingerprint density at radius 2 is 2.00 bits per heavy atom. The van der Waals surface area contributed by atoms with Crippen LogP contribution in [0.1, 0.15) is 30.2 Å². The zero-order chi connectivity index (χ0) is 20.0. The van der Waals surface area contributed by atoms with Crippen LogP contribution >= 0.6 is 11.3 Å². The summed E-state index contributed by atoms with van der Waals surface area (Å²) in [6.07, 6.45) is 2.19. The molecule has 1 aromatic carbocycles. The maximum atomic E-state index is 13.4. The lowest BCUT2D eigenvalue weighted by Gasteiger charge is -2.33. The second-order valence-corrected chi connectivity index (χ2v) is 8.73. The van der Waals surface area contributed by atoms with Gasteiger partial charge < -0.3 is 14.4 Å². The third-order valence-corrected chi connectivity index (χ3v) is 6.55. The van der Waals surface area contributed by atoms with Crippen molar-refractivity contribution in [2.24, 2.45) is 5.92 Å². The molecule has 0 bridgehead atoms. The van der Waals surface area contributed by atoms with Gasteiger partial charge in [0, 0.05) is 18.0 Å². The highest BCUT2D eigenvalue weighted by atomic mass is 32.1. The zero-order valence-electron chi connectivity index (χ0n) is 16.2. The lowest BCUT2D eigenvalue weighted by molar-refractivity contribution is -0.138. The van der Waals surface area contributed by atoms with Gasteiger partial charge in [-0.15, -0.1) is 11.3 Å². The van der Waals surface area contributed by atoms with E-state index in [0.29, 0.717) is 28.7 Å². The van der Waals surface area contributed by atoms with Gasteiger partial charge >= 0.3 is 0 Å². The largest absolute Gasteiger partial charge is 0.454 e. The quantitative estimate of drug-likeness (QED) is 0.722. The third kappa shape index (κ3) is 3.19. The SMILES string of the molecule is CC1CCCN(C2=C(c3cccs3)C(=O)N(Cc3ccc4c(c3)OCO4)C2=O)C1. The minimum absolute atomic E-state index is 0.196. The minimum Gasteiger partial charge on any atom is -0.454 e. The summed E-state index contributed by atoms with van der Waals surface area (Å²) >= 11 is 1.50. The average molecular weight is 410 g/mol. The first-order valence-electron chi connectivity index (χ1n) is 9.89. The standard InChI is InChI=1S/C22H22N2O4S/c1-14-4-2-8-23(11-14)20-19(18-5-3-9-29-18)21(25)24(22(20)26)12-15-6-7-16-17(10-15)28-13-27-16/h3,5-7,9-10,14H,2,4,8,11-13H2,1H3. The molecule has 1 atom stereocenters. The number of rotatable bonds is 4. The van der Waals surface area contributed by atoms with Crippen LogP contribution in [0.25, 0.3) is 5.57 Å². The van der Waals surface area contributed by atoms with Crippen molar-refractivity contribution in [3.8, 4) is 11.5 Å². The summed E-state index contributed by atoms with van der Waals surface area (Å²) in [7, 11) is 0. The summed E-state index contributed by atoms with van der Waals surface area (Å²) in [5.74, 6) is 1.42. The molecule has 1 aromatic heterocycles. The Morgan fingerprint density at radius 3 is 2.79 bits per heavy atom. The number of thiophene rings is 1. The number of hydrogen-bond acceptors (Lipinski definition) is 6. The number of likely N-dealkylation sites (tertiary alicyclic amines) is 1. The van der Waals surface area contributed by atoms with Crippen molar-refractivity contribution in [3.63, 3.8) is 0 Å². The number of imide groups is 1. The summed E-state index contributed by atoms with van der Waals surface area (Å²) in [6.45, 7) is 4.23. The van der Waals surface area contributed by atoms with Gasteiger partial charge in [0.05, 0.1) is 12.1 Å². The highest BCUT2D eigenvalue weighted by Crippen LogP contribution is 2.37. The van der Waals surface area contributed by atoms with Crippen molar-refractivity contribution in [1.29, 1.82) is 0 Å². The number of hydrogen-bond donors (Lipinski definition) is 0. The lowest BCUT2D eigenvalue weighted by Crippen LogP contribution is -2.39. The van der Waals surface area contributed by atoms with Gasteiger partial charge in [-0.05, 0) is 47.9 Å². The van der Waals surface area contributed by atoms with Gasteiger partial charge in [-0.3, -0.25) is 14.5 Å². The third-order valence-electron chi connectivity index (χ3n) is 5.66. The van der Waals surface area contributed by atoms with E-state index in [1.54, 1.807) is 0 Å². The molecule has 4 heterocycles. The van der Waals surface area contributed by atoms with E-state index in [2.05, 4.69) is 11.8 Å². The number of carbonyl (C=O) groups excluding carboxylic acids is 2. The van der Waals surface area contributed by atoms with Gasteiger partial charge in [0.1, 0.15) is 5.70 Å². The Morgan fingerprint density at radius 1 is 1.14 bits per heavy atom. The molecule has 0 aliphatic carbocycles. The van der Waals surface area contributed by atoms with Crippen molar-refractivity contribution in [1.82, 2.24) is 9.80 Å². The molecule has 29 heavy (non-hydrogen) atoms. The van der Waals surface area contributed by atoms with Crippen molar-refractivity contribution in [2.45, 2.75) is 26.3 Å². The van der Waals surface area contributed by atoms with Crippen LogP contribution in [0.3, 0.4) is 0 Å². The van der Waals surface area contributed by atoms with Crippen LogP contribution in [-0.2, 0) is 16.1 Å². The maximum absolute atomic E-state index is 13.4.